The summed E-state index contributed by atoms with van der Waals surface area (Å²) in [4.78, 5) is 2.48. The lowest BCUT2D eigenvalue weighted by molar-refractivity contribution is 1.11. The van der Waals surface area contributed by atoms with Crippen LogP contribution in [0.1, 0.15) is 11.1 Å². The van der Waals surface area contributed by atoms with E-state index in [4.69, 9.17) is 6.58 Å². The summed E-state index contributed by atoms with van der Waals surface area (Å²) in [6, 6.07) is 52.7. The van der Waals surface area contributed by atoms with Crippen LogP contribution in [0.15, 0.2) is 170 Å². The molecule has 0 bridgehead atoms. The molecule has 1 nitrogen and oxygen atoms in total. The first-order valence-corrected chi connectivity index (χ1v) is 16.9. The molecule has 0 spiro atoms. The lowest BCUT2D eigenvalue weighted by Crippen LogP contribution is -2.19. The fourth-order valence-electron chi connectivity index (χ4n) is 7.13. The minimum Gasteiger partial charge on any atom is -0.337 e. The number of fused-ring (bicyclic) bond motifs is 9. The Morgan fingerprint density at radius 3 is 2.06 bits per heavy atom. The van der Waals surface area contributed by atoms with Gasteiger partial charge in [-0.05, 0) is 74.3 Å². The molecule has 1 aliphatic heterocycles. The van der Waals surface area contributed by atoms with Crippen LogP contribution in [-0.2, 0) is 0 Å². The van der Waals surface area contributed by atoms with E-state index in [0.29, 0.717) is 0 Å². The summed E-state index contributed by atoms with van der Waals surface area (Å²) >= 11 is 1.88. The Morgan fingerprint density at radius 2 is 1.23 bits per heavy atom. The largest absolute Gasteiger partial charge is 0.337 e. The average molecular weight is 618 g/mol. The van der Waals surface area contributed by atoms with Crippen LogP contribution in [0.5, 0.6) is 0 Å². The zero-order chi connectivity index (χ0) is 31.3. The Hall–Kier alpha value is -5.70. The highest BCUT2D eigenvalue weighted by Crippen LogP contribution is 2.50. The van der Waals surface area contributed by atoms with Crippen molar-refractivity contribution in [2.75, 3.05) is 11.4 Å². The quantitative estimate of drug-likeness (QED) is 0.191. The van der Waals surface area contributed by atoms with Crippen LogP contribution < -0.4 is 4.90 Å². The molecule has 0 radical (unpaired) electrons. The van der Waals surface area contributed by atoms with Gasteiger partial charge in [0.15, 0.2) is 0 Å². The maximum atomic E-state index is 4.74. The molecule has 0 atom stereocenters. The third kappa shape index (κ3) is 4.69. The summed E-state index contributed by atoms with van der Waals surface area (Å²) in [7, 11) is 0. The lowest BCUT2D eigenvalue weighted by atomic mass is 9.92. The van der Waals surface area contributed by atoms with Gasteiger partial charge >= 0.3 is 0 Å². The van der Waals surface area contributed by atoms with E-state index in [1.54, 1.807) is 0 Å². The highest BCUT2D eigenvalue weighted by Gasteiger charge is 2.25. The van der Waals surface area contributed by atoms with Crippen LogP contribution in [0.4, 0.5) is 11.4 Å². The number of thiophene rings is 1. The predicted octanol–water partition coefficient (Wildman–Crippen LogP) is 12.8. The van der Waals surface area contributed by atoms with E-state index in [9.17, 15) is 0 Å². The van der Waals surface area contributed by atoms with Gasteiger partial charge in [-0.3, -0.25) is 0 Å². The van der Waals surface area contributed by atoms with Crippen molar-refractivity contribution in [2.24, 2.45) is 0 Å². The van der Waals surface area contributed by atoms with Gasteiger partial charge in [0.25, 0.3) is 0 Å². The van der Waals surface area contributed by atoms with Crippen LogP contribution in [0.2, 0.25) is 0 Å². The summed E-state index contributed by atoms with van der Waals surface area (Å²) in [5.41, 5.74) is 9.45. The molecule has 2 heterocycles. The van der Waals surface area contributed by atoms with Gasteiger partial charge in [0.2, 0.25) is 0 Å². The van der Waals surface area contributed by atoms with Crippen molar-refractivity contribution < 1.29 is 0 Å². The first kappa shape index (κ1) is 27.6. The number of para-hydroxylation sites is 1. The van der Waals surface area contributed by atoms with Crippen LogP contribution >= 0.6 is 11.3 Å². The topological polar surface area (TPSA) is 3.24 Å². The van der Waals surface area contributed by atoms with Gasteiger partial charge in [-0.15, -0.1) is 11.3 Å². The number of benzene rings is 7. The molecule has 2 heteroatoms. The van der Waals surface area contributed by atoms with Crippen LogP contribution in [-0.4, -0.2) is 6.54 Å². The van der Waals surface area contributed by atoms with Gasteiger partial charge in [0.1, 0.15) is 0 Å². The molecular formula is C45H31NS. The normalized spacial score (nSPS) is 15.3. The predicted molar refractivity (Wildman–Crippen MR) is 206 cm³/mol. The number of nitrogens with zero attached hydrogens (tertiary/aromatic N) is 1. The van der Waals surface area contributed by atoms with Crippen molar-refractivity contribution in [3.05, 3.63) is 182 Å². The second kappa shape index (κ2) is 11.3. The lowest BCUT2D eigenvalue weighted by Gasteiger charge is -2.29. The van der Waals surface area contributed by atoms with Crippen molar-refractivity contribution in [3.63, 3.8) is 0 Å². The molecule has 222 valence electrons. The maximum Gasteiger partial charge on any atom is 0.0587 e. The van der Waals surface area contributed by atoms with E-state index in [0.717, 1.165) is 17.8 Å². The van der Waals surface area contributed by atoms with Crippen molar-refractivity contribution in [3.8, 4) is 11.1 Å². The fourth-order valence-corrected chi connectivity index (χ4v) is 8.41. The van der Waals surface area contributed by atoms with Gasteiger partial charge in [-0.25, -0.2) is 0 Å². The minimum absolute atomic E-state index is 0.728. The third-order valence-electron chi connectivity index (χ3n) is 9.41. The van der Waals surface area contributed by atoms with E-state index in [2.05, 4.69) is 169 Å². The molecule has 0 amide bonds. The van der Waals surface area contributed by atoms with Crippen molar-refractivity contribution in [1.29, 1.82) is 0 Å². The Morgan fingerprint density at radius 1 is 0.553 bits per heavy atom. The minimum atomic E-state index is 0.728. The van der Waals surface area contributed by atoms with E-state index in [1.807, 2.05) is 11.3 Å². The van der Waals surface area contributed by atoms with E-state index in [1.165, 1.54) is 75.2 Å². The summed E-state index contributed by atoms with van der Waals surface area (Å²) in [5, 5.41) is 7.63. The summed E-state index contributed by atoms with van der Waals surface area (Å²) in [6.07, 6.45) is 6.80. The average Bonchev–Trinajstić information content (AvgIpc) is 3.54. The van der Waals surface area contributed by atoms with Gasteiger partial charge < -0.3 is 4.90 Å². The Kier molecular flexibility index (Phi) is 6.62. The summed E-state index contributed by atoms with van der Waals surface area (Å²) in [5.74, 6) is 0. The van der Waals surface area contributed by atoms with Gasteiger partial charge in [-0.1, -0.05) is 140 Å². The molecule has 0 fully saturated rings. The van der Waals surface area contributed by atoms with Gasteiger partial charge in [0.05, 0.1) is 5.69 Å². The fraction of sp³-hybridized carbons (Fsp3) is 0.0222. The standard InChI is InChI=1S/C45H31NS/c1-30-20-21-33(31-12-4-2-5-13-31)26-27-46(37-16-6-3-7-17-37)44-39-19-11-10-18-38(39)43-40-29-36(24-25-41(40)47-45(43)42(30)44)35-23-22-32-14-8-9-15-34(32)28-35/h2-26,28-29H,1,27H2/b21-20-,33-26+. The zero-order valence-corrected chi connectivity index (χ0v) is 26.7. The van der Waals surface area contributed by atoms with E-state index >= 15 is 0 Å². The molecule has 0 N–H and O–H groups in total. The molecule has 7 aromatic carbocycles. The smallest absolute Gasteiger partial charge is 0.0587 e. The molecule has 0 saturated heterocycles. The molecule has 0 saturated carbocycles. The second-order valence-electron chi connectivity index (χ2n) is 12.2. The number of anilines is 2. The highest BCUT2D eigenvalue weighted by atomic mass is 32.1. The number of hydrogen-bond donors (Lipinski definition) is 0. The first-order chi connectivity index (χ1) is 23.2. The molecule has 0 unspecified atom stereocenters. The second-order valence-corrected chi connectivity index (χ2v) is 13.2. The Labute approximate surface area is 278 Å². The maximum absolute atomic E-state index is 4.74. The molecule has 1 aromatic heterocycles. The SMILES string of the molecule is C=C1/C=C\C(c2ccccc2)=C/CN(c2ccccc2)c2c1c1sc3ccc(-c4ccc5ccccc5c4)cc3c1c1ccccc21. The third-order valence-corrected chi connectivity index (χ3v) is 10.6. The molecule has 1 aliphatic rings. The molecule has 47 heavy (non-hydrogen) atoms. The van der Waals surface area contributed by atoms with Gasteiger partial charge in [-0.2, -0.15) is 0 Å². The van der Waals surface area contributed by atoms with Crippen molar-refractivity contribution in [2.45, 2.75) is 0 Å². The van der Waals surface area contributed by atoms with Crippen LogP contribution in [0, 0.1) is 0 Å². The van der Waals surface area contributed by atoms with Crippen molar-refractivity contribution in [1.82, 2.24) is 0 Å². The van der Waals surface area contributed by atoms with Crippen molar-refractivity contribution >= 4 is 75.6 Å². The monoisotopic (exact) mass is 617 g/mol. The summed E-state index contributed by atoms with van der Waals surface area (Å²) in [6.45, 7) is 5.47. The van der Waals surface area contributed by atoms with Crippen LogP contribution in [0.25, 0.3) is 64.0 Å². The zero-order valence-electron chi connectivity index (χ0n) is 25.9. The number of allylic oxidation sites excluding steroid dienone is 4. The van der Waals surface area contributed by atoms with E-state index < -0.39 is 0 Å². The highest BCUT2D eigenvalue weighted by molar-refractivity contribution is 7.26. The summed E-state index contributed by atoms with van der Waals surface area (Å²) < 4.78 is 2.57. The van der Waals surface area contributed by atoms with E-state index in [-0.39, 0.29) is 0 Å². The Balaban J connectivity index is 1.33. The number of rotatable bonds is 3. The van der Waals surface area contributed by atoms with Gasteiger partial charge in [0, 0.05) is 43.4 Å². The molecular weight excluding hydrogens is 587 g/mol. The molecule has 8 aromatic rings. The molecule has 9 rings (SSSR count). The van der Waals surface area contributed by atoms with Crippen LogP contribution in [0.3, 0.4) is 0 Å². The first-order valence-electron chi connectivity index (χ1n) is 16.1. The molecule has 0 aliphatic carbocycles. The Bertz CT molecular complexity index is 2550. The number of hydrogen-bond acceptors (Lipinski definition) is 2.